The van der Waals surface area contributed by atoms with E-state index >= 15 is 0 Å². The zero-order chi connectivity index (χ0) is 14.4. The molecule has 5 heteroatoms. The summed E-state index contributed by atoms with van der Waals surface area (Å²) in [7, 11) is 0. The fourth-order valence-electron chi connectivity index (χ4n) is 2.30. The van der Waals surface area contributed by atoms with Crippen LogP contribution < -0.4 is 10.6 Å². The molecule has 0 aliphatic carbocycles. The predicted molar refractivity (Wildman–Crippen MR) is 77.4 cm³/mol. The smallest absolute Gasteiger partial charge is 0.319 e. The highest BCUT2D eigenvalue weighted by Crippen LogP contribution is 2.23. The van der Waals surface area contributed by atoms with E-state index in [1.807, 2.05) is 18.2 Å². The Morgan fingerprint density at radius 1 is 1.40 bits per heavy atom. The summed E-state index contributed by atoms with van der Waals surface area (Å²) in [4.78, 5) is 11.8. The molecule has 1 aliphatic heterocycles. The molecule has 1 heterocycles. The van der Waals surface area contributed by atoms with Gasteiger partial charge in [0.2, 0.25) is 0 Å². The van der Waals surface area contributed by atoms with E-state index in [0.717, 1.165) is 17.7 Å². The van der Waals surface area contributed by atoms with E-state index in [4.69, 9.17) is 9.84 Å². The predicted octanol–water partition coefficient (Wildman–Crippen LogP) is 2.25. The second-order valence-electron chi connectivity index (χ2n) is 5.10. The Kier molecular flexibility index (Phi) is 5.38. The third kappa shape index (κ3) is 3.95. The summed E-state index contributed by atoms with van der Waals surface area (Å²) in [6, 6.07) is 5.61. The molecule has 0 fully saturated rings. The lowest BCUT2D eigenvalue weighted by Crippen LogP contribution is -2.33. The van der Waals surface area contributed by atoms with Gasteiger partial charge in [-0.2, -0.15) is 0 Å². The maximum absolute atomic E-state index is 11.8. The zero-order valence-electron chi connectivity index (χ0n) is 11.8. The largest absolute Gasteiger partial charge is 0.396 e. The van der Waals surface area contributed by atoms with Crippen molar-refractivity contribution < 1.29 is 14.6 Å². The van der Waals surface area contributed by atoms with Crippen molar-refractivity contribution in [2.45, 2.75) is 33.0 Å². The molecule has 0 saturated carbocycles. The molecule has 0 radical (unpaired) electrons. The van der Waals surface area contributed by atoms with Gasteiger partial charge < -0.3 is 20.5 Å². The number of carbonyl (C=O) groups is 1. The second kappa shape index (κ2) is 7.26. The van der Waals surface area contributed by atoms with Crippen LogP contribution in [0.1, 0.15) is 30.9 Å². The number of fused-ring (bicyclic) bond motifs is 1. The molecule has 2 amide bonds. The normalized spacial score (nSPS) is 14.7. The van der Waals surface area contributed by atoms with Crippen LogP contribution in [0, 0.1) is 5.92 Å². The molecule has 1 unspecified atom stereocenters. The van der Waals surface area contributed by atoms with Crippen molar-refractivity contribution in [3.63, 3.8) is 0 Å². The van der Waals surface area contributed by atoms with Gasteiger partial charge in [0.15, 0.2) is 0 Å². The Morgan fingerprint density at radius 2 is 2.20 bits per heavy atom. The lowest BCUT2D eigenvalue weighted by molar-refractivity contribution is 0.134. The number of amides is 2. The van der Waals surface area contributed by atoms with E-state index < -0.39 is 0 Å². The molecule has 0 aromatic heterocycles. The first-order chi connectivity index (χ1) is 9.72. The maximum atomic E-state index is 11.8. The van der Waals surface area contributed by atoms with Gasteiger partial charge in [-0.15, -0.1) is 0 Å². The molecule has 20 heavy (non-hydrogen) atoms. The lowest BCUT2D eigenvalue weighted by Gasteiger charge is -2.15. The van der Waals surface area contributed by atoms with Crippen LogP contribution in [0.2, 0.25) is 0 Å². The molecule has 0 saturated heterocycles. The molecule has 0 spiro atoms. The summed E-state index contributed by atoms with van der Waals surface area (Å²) in [6.45, 7) is 4.06. The lowest BCUT2D eigenvalue weighted by atomic mass is 10.0. The van der Waals surface area contributed by atoms with Crippen LogP contribution in [0.3, 0.4) is 0 Å². The van der Waals surface area contributed by atoms with Crippen molar-refractivity contribution >= 4 is 11.7 Å². The first kappa shape index (κ1) is 14.8. The van der Waals surface area contributed by atoms with Crippen LogP contribution in [0.25, 0.3) is 0 Å². The van der Waals surface area contributed by atoms with Gasteiger partial charge in [-0.05, 0) is 35.6 Å². The highest BCUT2D eigenvalue weighted by atomic mass is 16.5. The van der Waals surface area contributed by atoms with Crippen molar-refractivity contribution in [2.24, 2.45) is 5.92 Å². The maximum Gasteiger partial charge on any atom is 0.319 e. The number of nitrogens with one attached hydrogen (secondary N) is 2. The fourth-order valence-corrected chi connectivity index (χ4v) is 2.30. The monoisotopic (exact) mass is 278 g/mol. The average molecular weight is 278 g/mol. The molecule has 1 aromatic carbocycles. The summed E-state index contributed by atoms with van der Waals surface area (Å²) in [5, 5.41) is 14.6. The van der Waals surface area contributed by atoms with E-state index in [1.165, 1.54) is 5.56 Å². The Labute approximate surface area is 119 Å². The van der Waals surface area contributed by atoms with E-state index in [9.17, 15) is 4.79 Å². The third-order valence-electron chi connectivity index (χ3n) is 3.65. The molecular formula is C15H22N2O3. The van der Waals surface area contributed by atoms with Crippen LogP contribution in [0.5, 0.6) is 0 Å². The topological polar surface area (TPSA) is 70.6 Å². The minimum atomic E-state index is -0.208. The molecule has 2 rings (SSSR count). The van der Waals surface area contributed by atoms with Gasteiger partial charge in [0.1, 0.15) is 0 Å². The number of rotatable bonds is 6. The van der Waals surface area contributed by atoms with Crippen LogP contribution >= 0.6 is 0 Å². The van der Waals surface area contributed by atoms with Gasteiger partial charge in [0.25, 0.3) is 0 Å². The summed E-state index contributed by atoms with van der Waals surface area (Å²) >= 11 is 0. The van der Waals surface area contributed by atoms with Crippen LogP contribution in [-0.4, -0.2) is 24.3 Å². The molecule has 3 N–H and O–H groups in total. The number of hydrogen-bond donors (Lipinski definition) is 3. The average Bonchev–Trinajstić information content (AvgIpc) is 2.91. The summed E-state index contributed by atoms with van der Waals surface area (Å²) in [6.07, 6.45) is 1.66. The summed E-state index contributed by atoms with van der Waals surface area (Å²) in [5.41, 5.74) is 3.10. The van der Waals surface area contributed by atoms with Crippen LogP contribution in [0.15, 0.2) is 18.2 Å². The Morgan fingerprint density at radius 3 is 2.95 bits per heavy atom. The van der Waals surface area contributed by atoms with Gasteiger partial charge in [-0.25, -0.2) is 4.79 Å². The fraction of sp³-hybridized carbons (Fsp3) is 0.533. The minimum absolute atomic E-state index is 0.159. The van der Waals surface area contributed by atoms with Crippen LogP contribution in [0.4, 0.5) is 10.5 Å². The van der Waals surface area contributed by atoms with Crippen molar-refractivity contribution in [1.82, 2.24) is 5.32 Å². The van der Waals surface area contributed by atoms with E-state index in [-0.39, 0.29) is 12.6 Å². The highest BCUT2D eigenvalue weighted by Gasteiger charge is 2.12. The van der Waals surface area contributed by atoms with Crippen molar-refractivity contribution in [3.8, 4) is 0 Å². The number of aliphatic hydroxyl groups excluding tert-OH is 1. The Balaban J connectivity index is 1.82. The molecule has 5 nitrogen and oxygen atoms in total. The highest BCUT2D eigenvalue weighted by molar-refractivity contribution is 5.89. The molecular weight excluding hydrogens is 256 g/mol. The summed E-state index contributed by atoms with van der Waals surface area (Å²) < 4.78 is 5.34. The molecule has 1 aliphatic rings. The van der Waals surface area contributed by atoms with Gasteiger partial charge in [0, 0.05) is 18.8 Å². The Hall–Kier alpha value is -1.59. The summed E-state index contributed by atoms with van der Waals surface area (Å²) in [5.74, 6) is 0.319. The quantitative estimate of drug-likeness (QED) is 0.747. The minimum Gasteiger partial charge on any atom is -0.396 e. The van der Waals surface area contributed by atoms with Crippen molar-refractivity contribution in [3.05, 3.63) is 29.3 Å². The van der Waals surface area contributed by atoms with Crippen molar-refractivity contribution in [1.29, 1.82) is 0 Å². The van der Waals surface area contributed by atoms with Gasteiger partial charge in [-0.3, -0.25) is 0 Å². The molecule has 110 valence electrons. The first-order valence-corrected chi connectivity index (χ1v) is 7.08. The van der Waals surface area contributed by atoms with Gasteiger partial charge in [-0.1, -0.05) is 19.4 Å². The SMILES string of the molecule is CCC(CCO)CNC(=O)Nc1ccc2c(c1)COC2. The number of urea groups is 1. The van der Waals surface area contributed by atoms with E-state index in [1.54, 1.807) is 0 Å². The number of anilines is 1. The zero-order valence-corrected chi connectivity index (χ0v) is 11.8. The number of carbonyl (C=O) groups excluding carboxylic acids is 1. The van der Waals surface area contributed by atoms with Crippen LogP contribution in [-0.2, 0) is 18.0 Å². The third-order valence-corrected chi connectivity index (χ3v) is 3.65. The van der Waals surface area contributed by atoms with Crippen molar-refractivity contribution in [2.75, 3.05) is 18.5 Å². The van der Waals surface area contributed by atoms with E-state index in [0.29, 0.717) is 32.1 Å². The van der Waals surface area contributed by atoms with Gasteiger partial charge in [0.05, 0.1) is 13.2 Å². The van der Waals surface area contributed by atoms with E-state index in [2.05, 4.69) is 17.6 Å². The molecule has 1 atom stereocenters. The van der Waals surface area contributed by atoms with Gasteiger partial charge >= 0.3 is 6.03 Å². The number of ether oxygens (including phenoxy) is 1. The number of hydrogen-bond acceptors (Lipinski definition) is 3. The first-order valence-electron chi connectivity index (χ1n) is 7.08. The molecule has 0 bridgehead atoms. The molecule has 1 aromatic rings. The number of benzene rings is 1. The second-order valence-corrected chi connectivity index (χ2v) is 5.10. The standard InChI is InChI=1S/C15H22N2O3/c1-2-11(5-6-18)8-16-15(19)17-14-4-3-12-9-20-10-13(12)7-14/h3-4,7,11,18H,2,5-6,8-10H2,1H3,(H2,16,17,19). The number of aliphatic hydroxyl groups is 1. The Bertz CT molecular complexity index is 462.